The Morgan fingerprint density at radius 2 is 2.21 bits per heavy atom. The lowest BCUT2D eigenvalue weighted by molar-refractivity contribution is 0.511. The Bertz CT molecular complexity index is 570. The largest absolute Gasteiger partial charge is 0.319 e. The van der Waals surface area contributed by atoms with Crippen molar-refractivity contribution in [2.24, 2.45) is 11.7 Å². The number of halogens is 1. The van der Waals surface area contributed by atoms with Gasteiger partial charge in [-0.1, -0.05) is 0 Å². The van der Waals surface area contributed by atoms with Crippen LogP contribution >= 0.6 is 24.2 Å². The molecule has 0 unspecified atom stereocenters. The first-order valence-corrected chi connectivity index (χ1v) is 7.42. The number of nitrogens with two attached hydrogens (primary N) is 1. The molecular weight excluding hydrogens is 278 g/mol. The number of rotatable bonds is 4. The van der Waals surface area contributed by atoms with Gasteiger partial charge in [0.05, 0.1) is 17.3 Å². The molecule has 2 heterocycles. The molecule has 2 aromatic rings. The second-order valence-corrected chi connectivity index (χ2v) is 6.75. The number of hydrogen-bond donors (Lipinski definition) is 1. The molecule has 0 aliphatic heterocycles. The molecule has 1 saturated carbocycles. The number of pyridine rings is 1. The van der Waals surface area contributed by atoms with Crippen molar-refractivity contribution in [3.05, 3.63) is 30.4 Å². The Labute approximate surface area is 124 Å². The quantitative estimate of drug-likeness (QED) is 0.879. The summed E-state index contributed by atoms with van der Waals surface area (Å²) >= 11 is 1.94. The molecular formula is C14H20ClN3S. The van der Waals surface area contributed by atoms with Crippen LogP contribution in [-0.2, 0) is 5.54 Å². The highest BCUT2D eigenvalue weighted by atomic mass is 35.5. The van der Waals surface area contributed by atoms with Crippen molar-refractivity contribution in [1.29, 1.82) is 0 Å². The van der Waals surface area contributed by atoms with E-state index < -0.39 is 5.54 Å². The molecule has 0 spiro atoms. The SMILES string of the molecule is CC(C)(N)c1ncc2c(SCC3CC3)cccn12.Cl. The molecule has 1 aliphatic rings. The zero-order chi connectivity index (χ0) is 12.8. The minimum absolute atomic E-state index is 0. The maximum absolute atomic E-state index is 6.16. The molecule has 3 rings (SSSR count). The monoisotopic (exact) mass is 297 g/mol. The minimum Gasteiger partial charge on any atom is -0.319 e. The summed E-state index contributed by atoms with van der Waals surface area (Å²) in [6.45, 7) is 3.98. The highest BCUT2D eigenvalue weighted by molar-refractivity contribution is 7.99. The summed E-state index contributed by atoms with van der Waals surface area (Å²) in [6.07, 6.45) is 6.79. The lowest BCUT2D eigenvalue weighted by atomic mass is 10.1. The fraction of sp³-hybridized carbons (Fsp3) is 0.500. The summed E-state index contributed by atoms with van der Waals surface area (Å²) in [5, 5.41) is 0. The van der Waals surface area contributed by atoms with Crippen LogP contribution in [0.3, 0.4) is 0 Å². The Balaban J connectivity index is 0.00000133. The Hall–Kier alpha value is -0.710. The molecule has 0 atom stereocenters. The molecule has 3 nitrogen and oxygen atoms in total. The topological polar surface area (TPSA) is 43.3 Å². The molecule has 2 aromatic heterocycles. The van der Waals surface area contributed by atoms with E-state index in [0.29, 0.717) is 0 Å². The number of aromatic nitrogens is 2. The first-order valence-electron chi connectivity index (χ1n) is 6.44. The van der Waals surface area contributed by atoms with E-state index >= 15 is 0 Å². The number of imidazole rings is 1. The van der Waals surface area contributed by atoms with Gasteiger partial charge in [-0.15, -0.1) is 24.2 Å². The fourth-order valence-corrected chi connectivity index (χ4v) is 3.31. The van der Waals surface area contributed by atoms with Crippen molar-refractivity contribution in [3.63, 3.8) is 0 Å². The summed E-state index contributed by atoms with van der Waals surface area (Å²) in [5.74, 6) is 3.08. The van der Waals surface area contributed by atoms with Crippen LogP contribution in [0.15, 0.2) is 29.4 Å². The molecule has 5 heteroatoms. The molecule has 19 heavy (non-hydrogen) atoms. The van der Waals surface area contributed by atoms with Crippen LogP contribution in [0.25, 0.3) is 5.52 Å². The standard InChI is InChI=1S/C14H19N3S.ClH/c1-14(2,15)13-16-8-11-12(4-3-7-17(11)13)18-9-10-5-6-10;/h3-4,7-8,10H,5-6,9,15H2,1-2H3;1H. The highest BCUT2D eigenvalue weighted by Gasteiger charge is 2.23. The predicted molar refractivity (Wildman–Crippen MR) is 83.1 cm³/mol. The molecule has 0 aromatic carbocycles. The van der Waals surface area contributed by atoms with Crippen LogP contribution in [-0.4, -0.2) is 15.1 Å². The summed E-state index contributed by atoms with van der Waals surface area (Å²) in [6, 6.07) is 4.26. The Morgan fingerprint density at radius 3 is 2.84 bits per heavy atom. The molecule has 104 valence electrons. The van der Waals surface area contributed by atoms with Gasteiger partial charge in [-0.3, -0.25) is 0 Å². The van der Waals surface area contributed by atoms with E-state index in [-0.39, 0.29) is 12.4 Å². The van der Waals surface area contributed by atoms with E-state index in [9.17, 15) is 0 Å². The second kappa shape index (κ2) is 5.35. The number of fused-ring (bicyclic) bond motifs is 1. The van der Waals surface area contributed by atoms with Gasteiger partial charge in [0, 0.05) is 16.8 Å². The molecule has 1 aliphatic carbocycles. The zero-order valence-corrected chi connectivity index (χ0v) is 12.9. The van der Waals surface area contributed by atoms with Gasteiger partial charge in [-0.2, -0.15) is 0 Å². The third-order valence-corrected chi connectivity index (χ3v) is 4.57. The zero-order valence-electron chi connectivity index (χ0n) is 11.3. The van der Waals surface area contributed by atoms with Gasteiger partial charge in [0.15, 0.2) is 0 Å². The normalized spacial score (nSPS) is 15.5. The third-order valence-electron chi connectivity index (χ3n) is 3.28. The first kappa shape index (κ1) is 14.7. The van der Waals surface area contributed by atoms with Crippen LogP contribution in [0.4, 0.5) is 0 Å². The van der Waals surface area contributed by atoms with E-state index in [0.717, 1.165) is 11.7 Å². The van der Waals surface area contributed by atoms with E-state index in [1.807, 2.05) is 38.0 Å². The summed E-state index contributed by atoms with van der Waals surface area (Å²) in [4.78, 5) is 5.81. The van der Waals surface area contributed by atoms with Crippen LogP contribution in [0.5, 0.6) is 0 Å². The van der Waals surface area contributed by atoms with E-state index in [1.54, 1.807) is 0 Å². The van der Waals surface area contributed by atoms with Crippen LogP contribution in [0.2, 0.25) is 0 Å². The van der Waals surface area contributed by atoms with Gasteiger partial charge in [0.2, 0.25) is 0 Å². The van der Waals surface area contributed by atoms with Crippen molar-refractivity contribution >= 4 is 29.7 Å². The molecule has 0 amide bonds. The van der Waals surface area contributed by atoms with E-state index in [1.165, 1.54) is 29.0 Å². The number of nitrogens with zero attached hydrogens (tertiary/aromatic N) is 2. The predicted octanol–water partition coefficient (Wildman–Crippen LogP) is 3.45. The molecule has 0 bridgehead atoms. The summed E-state index contributed by atoms with van der Waals surface area (Å²) in [7, 11) is 0. The number of thioether (sulfide) groups is 1. The molecule has 2 N–H and O–H groups in total. The van der Waals surface area contributed by atoms with Crippen molar-refractivity contribution in [1.82, 2.24) is 9.38 Å². The van der Waals surface area contributed by atoms with Gasteiger partial charge < -0.3 is 10.1 Å². The molecule has 1 fully saturated rings. The third kappa shape index (κ3) is 3.07. The van der Waals surface area contributed by atoms with E-state index in [2.05, 4.69) is 21.5 Å². The first-order chi connectivity index (χ1) is 8.55. The van der Waals surface area contributed by atoms with Gasteiger partial charge in [0.1, 0.15) is 5.82 Å². The second-order valence-electron chi connectivity index (χ2n) is 5.69. The van der Waals surface area contributed by atoms with E-state index in [4.69, 9.17) is 5.73 Å². The maximum Gasteiger partial charge on any atom is 0.132 e. The van der Waals surface area contributed by atoms with Crippen LogP contribution < -0.4 is 5.73 Å². The molecule has 0 radical (unpaired) electrons. The fourth-order valence-electron chi connectivity index (χ4n) is 2.09. The maximum atomic E-state index is 6.16. The van der Waals surface area contributed by atoms with Crippen molar-refractivity contribution in [2.75, 3.05) is 5.75 Å². The van der Waals surface area contributed by atoms with Gasteiger partial charge >= 0.3 is 0 Å². The molecule has 0 saturated heterocycles. The Kier molecular flexibility index (Phi) is 4.14. The minimum atomic E-state index is -0.411. The average molecular weight is 298 g/mol. The van der Waals surface area contributed by atoms with Crippen molar-refractivity contribution in [2.45, 2.75) is 37.1 Å². The highest BCUT2D eigenvalue weighted by Crippen LogP contribution is 2.36. The lowest BCUT2D eigenvalue weighted by Gasteiger charge is -2.17. The summed E-state index contributed by atoms with van der Waals surface area (Å²) < 4.78 is 2.12. The number of hydrogen-bond acceptors (Lipinski definition) is 3. The Morgan fingerprint density at radius 1 is 1.47 bits per heavy atom. The van der Waals surface area contributed by atoms with Gasteiger partial charge in [-0.05, 0) is 44.7 Å². The van der Waals surface area contributed by atoms with Crippen molar-refractivity contribution < 1.29 is 0 Å². The van der Waals surface area contributed by atoms with Gasteiger partial charge in [-0.25, -0.2) is 4.98 Å². The smallest absolute Gasteiger partial charge is 0.132 e. The van der Waals surface area contributed by atoms with Crippen molar-refractivity contribution in [3.8, 4) is 0 Å². The van der Waals surface area contributed by atoms with Gasteiger partial charge in [0.25, 0.3) is 0 Å². The lowest BCUT2D eigenvalue weighted by Crippen LogP contribution is -2.31. The van der Waals surface area contributed by atoms with Crippen LogP contribution in [0, 0.1) is 5.92 Å². The van der Waals surface area contributed by atoms with Crippen LogP contribution in [0.1, 0.15) is 32.5 Å². The summed E-state index contributed by atoms with van der Waals surface area (Å²) in [5.41, 5.74) is 6.93. The average Bonchev–Trinajstić information content (AvgIpc) is 3.01.